The predicted molar refractivity (Wildman–Crippen MR) is 140 cm³/mol. The van der Waals surface area contributed by atoms with Crippen LogP contribution in [0.15, 0.2) is 61.2 Å². The van der Waals surface area contributed by atoms with Gasteiger partial charge in [-0.1, -0.05) is 17.7 Å². The molecule has 36 heavy (non-hydrogen) atoms. The van der Waals surface area contributed by atoms with E-state index >= 15 is 0 Å². The molecule has 0 radical (unpaired) electrons. The van der Waals surface area contributed by atoms with Gasteiger partial charge in [0, 0.05) is 61.0 Å². The summed E-state index contributed by atoms with van der Waals surface area (Å²) in [7, 11) is 0. The van der Waals surface area contributed by atoms with Crippen molar-refractivity contribution in [3.05, 3.63) is 77.3 Å². The monoisotopic (exact) mass is 508 g/mol. The van der Waals surface area contributed by atoms with Crippen molar-refractivity contribution in [1.82, 2.24) is 9.97 Å². The number of carboxylic acids is 1. The Balaban J connectivity index is 1.67. The van der Waals surface area contributed by atoms with Gasteiger partial charge in [-0.2, -0.15) is 0 Å². The highest BCUT2D eigenvalue weighted by molar-refractivity contribution is 6.31. The number of primary amides is 1. The van der Waals surface area contributed by atoms with E-state index in [1.165, 1.54) is 6.20 Å². The minimum Gasteiger partial charge on any atom is -0.480 e. The van der Waals surface area contributed by atoms with Crippen LogP contribution in [0.2, 0.25) is 5.02 Å². The summed E-state index contributed by atoms with van der Waals surface area (Å²) in [5.41, 5.74) is 15.0. The van der Waals surface area contributed by atoms with Gasteiger partial charge in [0.2, 0.25) is 0 Å². The van der Waals surface area contributed by atoms with Gasteiger partial charge in [-0.05, 0) is 54.7 Å². The van der Waals surface area contributed by atoms with E-state index in [1.807, 2.05) is 17.0 Å². The number of aromatic nitrogens is 2. The van der Waals surface area contributed by atoms with Crippen LogP contribution >= 0.6 is 11.6 Å². The van der Waals surface area contributed by atoms with E-state index in [-0.39, 0.29) is 6.42 Å². The number of hydrogen-bond acceptors (Lipinski definition) is 7. The van der Waals surface area contributed by atoms with Gasteiger partial charge in [-0.15, -0.1) is 0 Å². The van der Waals surface area contributed by atoms with Crippen LogP contribution in [0.3, 0.4) is 0 Å². The number of anilines is 3. The summed E-state index contributed by atoms with van der Waals surface area (Å²) < 4.78 is 0. The summed E-state index contributed by atoms with van der Waals surface area (Å²) in [6.07, 6.45) is 8.66. The van der Waals surface area contributed by atoms with Gasteiger partial charge in [0.25, 0.3) is 5.91 Å². The van der Waals surface area contributed by atoms with Crippen molar-refractivity contribution in [3.63, 3.8) is 0 Å². The highest BCUT2D eigenvalue weighted by Crippen LogP contribution is 2.36. The average Bonchev–Trinajstić information content (AvgIpc) is 2.89. The molecule has 1 saturated heterocycles. The molecule has 1 aliphatic heterocycles. The van der Waals surface area contributed by atoms with Crippen molar-refractivity contribution in [2.24, 2.45) is 17.4 Å². The number of carbonyl (C=O) groups excluding carboxylic acids is 1. The third-order valence-corrected chi connectivity index (χ3v) is 6.77. The van der Waals surface area contributed by atoms with E-state index < -0.39 is 17.9 Å². The minimum absolute atomic E-state index is 0.102. The second kappa shape index (κ2) is 11.4. The number of carboxylic acid groups (broad SMARTS) is 1. The summed E-state index contributed by atoms with van der Waals surface area (Å²) in [6.45, 7) is 2.33. The number of carbonyl (C=O) groups is 2. The van der Waals surface area contributed by atoms with Gasteiger partial charge in [0.1, 0.15) is 6.04 Å². The largest absolute Gasteiger partial charge is 0.480 e. The number of amides is 1. The van der Waals surface area contributed by atoms with E-state index in [0.29, 0.717) is 40.0 Å². The maximum Gasteiger partial charge on any atom is 0.320 e. The van der Waals surface area contributed by atoms with Gasteiger partial charge in [-0.25, -0.2) is 0 Å². The molecule has 0 spiro atoms. The van der Waals surface area contributed by atoms with Crippen molar-refractivity contribution in [2.45, 2.75) is 25.3 Å². The third kappa shape index (κ3) is 5.92. The van der Waals surface area contributed by atoms with E-state index in [9.17, 15) is 14.7 Å². The first-order valence-electron chi connectivity index (χ1n) is 11.8. The summed E-state index contributed by atoms with van der Waals surface area (Å²) >= 11 is 6.39. The zero-order valence-electron chi connectivity index (χ0n) is 19.8. The minimum atomic E-state index is -1.09. The van der Waals surface area contributed by atoms with Crippen LogP contribution in [0.25, 0.3) is 0 Å². The smallest absolute Gasteiger partial charge is 0.320 e. The Labute approximate surface area is 214 Å². The van der Waals surface area contributed by atoms with Crippen LogP contribution in [0.4, 0.5) is 17.1 Å². The molecule has 1 aliphatic rings. The SMILES string of the molecule is NC(=O)c1ccncc1N(CC1CCN(c2ccncc2)CC1)c1cc(Cl)ccc1CC(N)C(=O)O. The van der Waals surface area contributed by atoms with Crippen molar-refractivity contribution in [1.29, 1.82) is 0 Å². The highest BCUT2D eigenvalue weighted by atomic mass is 35.5. The first-order chi connectivity index (χ1) is 17.3. The molecule has 1 amide bonds. The standard InChI is InChI=1S/C26H29ClN6O3/c27-19-2-1-18(13-22(28)26(35)36)23(14-19)33(24-15-31-10-5-21(24)25(29)34)16-17-6-11-32(12-7-17)20-3-8-30-9-4-20/h1-5,8-10,14-15,17,22H,6-7,11-13,16,28H2,(H2,29,34)(H,35,36). The van der Waals surface area contributed by atoms with Gasteiger partial charge in [0.05, 0.1) is 17.4 Å². The van der Waals surface area contributed by atoms with Crippen molar-refractivity contribution in [3.8, 4) is 0 Å². The maximum absolute atomic E-state index is 12.3. The fourth-order valence-electron chi connectivity index (χ4n) is 4.61. The number of hydrogen-bond donors (Lipinski definition) is 3. The van der Waals surface area contributed by atoms with Gasteiger partial charge in [0.15, 0.2) is 0 Å². The molecule has 0 saturated carbocycles. The Morgan fingerprint density at radius 3 is 2.44 bits per heavy atom. The summed E-state index contributed by atoms with van der Waals surface area (Å²) in [5.74, 6) is -1.37. The molecule has 3 aromatic rings. The highest BCUT2D eigenvalue weighted by Gasteiger charge is 2.27. The number of nitrogens with two attached hydrogens (primary N) is 2. The van der Waals surface area contributed by atoms with E-state index in [1.54, 1.807) is 42.9 Å². The number of benzene rings is 1. The molecule has 0 bridgehead atoms. The second-order valence-electron chi connectivity index (χ2n) is 8.93. The lowest BCUT2D eigenvalue weighted by molar-refractivity contribution is -0.138. The Bertz CT molecular complexity index is 1220. The van der Waals surface area contributed by atoms with E-state index in [0.717, 1.165) is 31.6 Å². The third-order valence-electron chi connectivity index (χ3n) is 6.53. The maximum atomic E-state index is 12.3. The van der Waals surface area contributed by atoms with Crippen LogP contribution in [0, 0.1) is 5.92 Å². The quantitative estimate of drug-likeness (QED) is 0.400. The summed E-state index contributed by atoms with van der Waals surface area (Å²) in [4.78, 5) is 36.4. The molecular weight excluding hydrogens is 480 g/mol. The average molecular weight is 509 g/mol. The molecule has 1 unspecified atom stereocenters. The molecule has 10 heteroatoms. The summed E-state index contributed by atoms with van der Waals surface area (Å²) in [6, 6.07) is 9.77. The zero-order valence-corrected chi connectivity index (χ0v) is 20.5. The van der Waals surface area contributed by atoms with Crippen LogP contribution in [-0.4, -0.2) is 52.6 Å². The number of halogens is 1. The van der Waals surface area contributed by atoms with Crippen molar-refractivity contribution < 1.29 is 14.7 Å². The Hall–Kier alpha value is -3.69. The van der Waals surface area contributed by atoms with Crippen LogP contribution in [-0.2, 0) is 11.2 Å². The molecule has 5 N–H and O–H groups in total. The zero-order chi connectivity index (χ0) is 25.7. The molecule has 3 heterocycles. The molecule has 1 fully saturated rings. The number of rotatable bonds is 9. The van der Waals surface area contributed by atoms with Crippen molar-refractivity contribution >= 4 is 40.5 Å². The lowest BCUT2D eigenvalue weighted by Gasteiger charge is -2.37. The molecule has 0 aliphatic carbocycles. The Morgan fingerprint density at radius 2 is 1.78 bits per heavy atom. The van der Waals surface area contributed by atoms with Gasteiger partial charge < -0.3 is 26.4 Å². The number of aliphatic carboxylic acids is 1. The predicted octanol–water partition coefficient (Wildman–Crippen LogP) is 3.24. The van der Waals surface area contributed by atoms with Crippen LogP contribution < -0.4 is 21.3 Å². The molecular formula is C26H29ClN6O3. The molecule has 1 atom stereocenters. The number of nitrogens with zero attached hydrogens (tertiary/aromatic N) is 4. The lowest BCUT2D eigenvalue weighted by Crippen LogP contribution is -2.38. The van der Waals surface area contributed by atoms with Crippen molar-refractivity contribution in [2.75, 3.05) is 29.4 Å². The topological polar surface area (TPSA) is 139 Å². The molecule has 9 nitrogen and oxygen atoms in total. The second-order valence-corrected chi connectivity index (χ2v) is 9.36. The normalized spacial score (nSPS) is 14.9. The molecule has 2 aromatic heterocycles. The van der Waals surface area contributed by atoms with Crippen LogP contribution in [0.1, 0.15) is 28.8 Å². The number of pyridine rings is 2. The molecule has 1 aromatic carbocycles. The van der Waals surface area contributed by atoms with E-state index in [4.69, 9.17) is 23.1 Å². The Morgan fingerprint density at radius 1 is 1.08 bits per heavy atom. The summed E-state index contributed by atoms with van der Waals surface area (Å²) in [5, 5.41) is 9.88. The van der Waals surface area contributed by atoms with Gasteiger partial charge in [-0.3, -0.25) is 19.6 Å². The fourth-order valence-corrected chi connectivity index (χ4v) is 4.77. The first kappa shape index (κ1) is 25.4. The van der Waals surface area contributed by atoms with E-state index in [2.05, 4.69) is 14.9 Å². The fraction of sp³-hybridized carbons (Fsp3) is 0.308. The Kier molecular flexibility index (Phi) is 8.02. The van der Waals surface area contributed by atoms with Gasteiger partial charge >= 0.3 is 5.97 Å². The molecule has 4 rings (SSSR count). The number of piperidine rings is 1. The van der Waals surface area contributed by atoms with Crippen LogP contribution in [0.5, 0.6) is 0 Å². The lowest BCUT2D eigenvalue weighted by atomic mass is 9.94. The first-order valence-corrected chi connectivity index (χ1v) is 12.1. The molecule has 188 valence electrons.